The van der Waals surface area contributed by atoms with Crippen molar-refractivity contribution in [2.75, 3.05) is 0 Å². The molecule has 0 saturated heterocycles. The lowest BCUT2D eigenvalue weighted by atomic mass is 10.1. The van der Waals surface area contributed by atoms with Crippen molar-refractivity contribution >= 4 is 66.7 Å². The van der Waals surface area contributed by atoms with Crippen molar-refractivity contribution in [3.05, 3.63) is 58.3 Å². The van der Waals surface area contributed by atoms with Crippen molar-refractivity contribution in [1.82, 2.24) is 4.98 Å². The topological polar surface area (TPSA) is 76.2 Å². The van der Waals surface area contributed by atoms with Crippen molar-refractivity contribution in [3.63, 3.8) is 0 Å². The second-order valence-electron chi connectivity index (χ2n) is 6.70. The SMILES string of the molecule is O=Cc1cc2oc(-c3ccc4cc(-c5cc6sc(C=O)cc6o5)[nH]c4c3)cc2s1. The zero-order valence-corrected chi connectivity index (χ0v) is 16.4. The molecule has 0 aliphatic heterocycles. The molecule has 0 amide bonds. The van der Waals surface area contributed by atoms with Crippen molar-refractivity contribution in [3.8, 4) is 22.8 Å². The van der Waals surface area contributed by atoms with E-state index in [-0.39, 0.29) is 0 Å². The minimum Gasteiger partial charge on any atom is -0.455 e. The number of aromatic amines is 1. The second kappa shape index (κ2) is 6.04. The highest BCUT2D eigenvalue weighted by Crippen LogP contribution is 2.36. The number of fused-ring (bicyclic) bond motifs is 3. The molecule has 1 aromatic carbocycles. The third kappa shape index (κ3) is 2.59. The fourth-order valence-electron chi connectivity index (χ4n) is 3.51. The summed E-state index contributed by atoms with van der Waals surface area (Å²) in [5, 5.41) is 1.06. The quantitative estimate of drug-likeness (QED) is 0.322. The average molecular weight is 417 g/mol. The molecule has 5 aromatic heterocycles. The Balaban J connectivity index is 1.40. The minimum atomic E-state index is 0.658. The van der Waals surface area contributed by atoms with Crippen LogP contribution in [-0.2, 0) is 0 Å². The number of hydrogen-bond donors (Lipinski definition) is 1. The summed E-state index contributed by atoms with van der Waals surface area (Å²) in [6.07, 6.45) is 1.67. The van der Waals surface area contributed by atoms with E-state index in [9.17, 15) is 9.59 Å². The number of rotatable bonds is 4. The molecule has 29 heavy (non-hydrogen) atoms. The predicted molar refractivity (Wildman–Crippen MR) is 115 cm³/mol. The molecule has 0 atom stereocenters. The van der Waals surface area contributed by atoms with Gasteiger partial charge in [-0.1, -0.05) is 12.1 Å². The molecule has 7 heteroatoms. The number of furan rings is 2. The molecule has 1 N–H and O–H groups in total. The van der Waals surface area contributed by atoms with Gasteiger partial charge >= 0.3 is 0 Å². The summed E-state index contributed by atoms with van der Waals surface area (Å²) in [5.41, 5.74) is 4.25. The second-order valence-corrected chi connectivity index (χ2v) is 8.93. The number of carbonyl (C=O) groups excluding carboxylic acids is 2. The van der Waals surface area contributed by atoms with Gasteiger partial charge in [0.2, 0.25) is 0 Å². The molecule has 0 unspecified atom stereocenters. The van der Waals surface area contributed by atoms with Crippen molar-refractivity contribution in [2.45, 2.75) is 0 Å². The fraction of sp³-hybridized carbons (Fsp3) is 0. The predicted octanol–water partition coefficient (Wildman–Crippen LogP) is 6.74. The van der Waals surface area contributed by atoms with Crippen LogP contribution in [0.1, 0.15) is 19.3 Å². The number of thiophene rings is 2. The van der Waals surface area contributed by atoms with Crippen LogP contribution < -0.4 is 0 Å². The molecule has 6 aromatic rings. The monoisotopic (exact) mass is 417 g/mol. The molecule has 5 nitrogen and oxygen atoms in total. The lowest BCUT2D eigenvalue weighted by Gasteiger charge is -1.97. The zero-order chi connectivity index (χ0) is 19.5. The summed E-state index contributed by atoms with van der Waals surface area (Å²) in [4.78, 5) is 26.5. The molecular formula is C22H11NO4S2. The van der Waals surface area contributed by atoms with E-state index in [1.165, 1.54) is 22.7 Å². The number of nitrogens with one attached hydrogen (secondary N) is 1. The van der Waals surface area contributed by atoms with Gasteiger partial charge in [-0.3, -0.25) is 9.59 Å². The molecule has 6 rings (SSSR count). The maximum atomic E-state index is 10.9. The van der Waals surface area contributed by atoms with E-state index in [2.05, 4.69) is 4.98 Å². The first-order chi connectivity index (χ1) is 14.2. The van der Waals surface area contributed by atoms with Gasteiger partial charge in [-0.25, -0.2) is 0 Å². The van der Waals surface area contributed by atoms with Gasteiger partial charge in [0.05, 0.1) is 24.8 Å². The van der Waals surface area contributed by atoms with E-state index in [4.69, 9.17) is 8.83 Å². The first-order valence-corrected chi connectivity index (χ1v) is 10.4. The van der Waals surface area contributed by atoms with Crippen LogP contribution in [0.25, 0.3) is 54.2 Å². The summed E-state index contributed by atoms with van der Waals surface area (Å²) in [5.74, 6) is 1.50. The molecule has 5 heterocycles. The number of aldehydes is 2. The molecular weight excluding hydrogens is 406 g/mol. The largest absolute Gasteiger partial charge is 0.455 e. The summed E-state index contributed by atoms with van der Waals surface area (Å²) >= 11 is 2.84. The summed E-state index contributed by atoms with van der Waals surface area (Å²) < 4.78 is 13.7. The molecule has 140 valence electrons. The van der Waals surface area contributed by atoms with E-state index < -0.39 is 0 Å². The number of hydrogen-bond acceptors (Lipinski definition) is 6. The van der Waals surface area contributed by atoms with Gasteiger partial charge in [-0.05, 0) is 12.1 Å². The third-order valence-corrected chi connectivity index (χ3v) is 6.83. The van der Waals surface area contributed by atoms with Crippen LogP contribution in [-0.4, -0.2) is 17.6 Å². The van der Waals surface area contributed by atoms with Gasteiger partial charge < -0.3 is 13.8 Å². The van der Waals surface area contributed by atoms with E-state index >= 15 is 0 Å². The Labute approximate surface area is 171 Å². The summed E-state index contributed by atoms with van der Waals surface area (Å²) in [6, 6.07) is 15.6. The number of H-pyrrole nitrogens is 1. The van der Waals surface area contributed by atoms with Crippen molar-refractivity contribution < 1.29 is 18.4 Å². The number of benzene rings is 1. The maximum absolute atomic E-state index is 10.9. The van der Waals surface area contributed by atoms with E-state index in [0.29, 0.717) is 9.75 Å². The van der Waals surface area contributed by atoms with Crippen LogP contribution in [0.15, 0.2) is 57.4 Å². The van der Waals surface area contributed by atoms with Crippen molar-refractivity contribution in [1.29, 1.82) is 0 Å². The maximum Gasteiger partial charge on any atom is 0.160 e. The Hall–Kier alpha value is -3.42. The van der Waals surface area contributed by atoms with Crippen LogP contribution in [0.4, 0.5) is 0 Å². The standard InChI is InChI=1S/C22H11NO4S2/c24-9-13-5-19-21(28-13)7-17(26-19)12-2-1-11-3-16(23-15(11)4-12)18-8-22-20(27-18)6-14(10-25)29-22/h1-10,23H. The Bertz CT molecular complexity index is 1410. The highest BCUT2D eigenvalue weighted by molar-refractivity contribution is 7.20. The molecule has 0 spiro atoms. The third-order valence-electron chi connectivity index (χ3n) is 4.86. The molecule has 0 saturated carbocycles. The highest BCUT2D eigenvalue weighted by Gasteiger charge is 2.14. The Morgan fingerprint density at radius 2 is 1.41 bits per heavy atom. The minimum absolute atomic E-state index is 0.658. The number of aromatic nitrogens is 1. The van der Waals surface area contributed by atoms with Gasteiger partial charge in [0.15, 0.2) is 18.3 Å². The normalized spacial score (nSPS) is 11.7. The van der Waals surface area contributed by atoms with Crippen LogP contribution in [0.2, 0.25) is 0 Å². The lowest BCUT2D eigenvalue weighted by Crippen LogP contribution is -1.75. The molecule has 0 radical (unpaired) electrons. The molecule has 0 aliphatic carbocycles. The van der Waals surface area contributed by atoms with E-state index in [1.54, 1.807) is 12.1 Å². The highest BCUT2D eigenvalue weighted by atomic mass is 32.1. The summed E-state index contributed by atoms with van der Waals surface area (Å²) in [6.45, 7) is 0. The van der Waals surface area contributed by atoms with Crippen LogP contribution >= 0.6 is 22.7 Å². The van der Waals surface area contributed by atoms with Gasteiger partial charge in [-0.15, -0.1) is 22.7 Å². The van der Waals surface area contributed by atoms with E-state index in [1.807, 2.05) is 36.4 Å². The smallest absolute Gasteiger partial charge is 0.160 e. The van der Waals surface area contributed by atoms with Crippen LogP contribution in [0.3, 0.4) is 0 Å². The first kappa shape index (κ1) is 16.5. The van der Waals surface area contributed by atoms with Crippen LogP contribution in [0.5, 0.6) is 0 Å². The fourth-order valence-corrected chi connectivity index (χ4v) is 5.18. The molecule has 0 bridgehead atoms. The van der Waals surface area contributed by atoms with Gasteiger partial charge in [0, 0.05) is 40.7 Å². The van der Waals surface area contributed by atoms with Gasteiger partial charge in [-0.2, -0.15) is 0 Å². The molecule has 0 fully saturated rings. The lowest BCUT2D eigenvalue weighted by molar-refractivity contribution is 0.111. The van der Waals surface area contributed by atoms with E-state index in [0.717, 1.165) is 66.8 Å². The Morgan fingerprint density at radius 3 is 2.07 bits per heavy atom. The first-order valence-electron chi connectivity index (χ1n) is 8.81. The van der Waals surface area contributed by atoms with Gasteiger partial charge in [0.1, 0.15) is 16.9 Å². The Kier molecular flexibility index (Phi) is 3.44. The van der Waals surface area contributed by atoms with Crippen molar-refractivity contribution in [2.24, 2.45) is 0 Å². The summed E-state index contributed by atoms with van der Waals surface area (Å²) in [7, 11) is 0. The average Bonchev–Trinajstić information content (AvgIpc) is 3.49. The van der Waals surface area contributed by atoms with Crippen LogP contribution in [0, 0.1) is 0 Å². The Morgan fingerprint density at radius 1 is 0.759 bits per heavy atom. The van der Waals surface area contributed by atoms with Gasteiger partial charge in [0.25, 0.3) is 0 Å². The zero-order valence-electron chi connectivity index (χ0n) is 14.7. The number of carbonyl (C=O) groups is 2. The molecule has 0 aliphatic rings.